The topological polar surface area (TPSA) is 129 Å². The van der Waals surface area contributed by atoms with E-state index >= 15 is 0 Å². The monoisotopic (exact) mass is 461 g/mol. The van der Waals surface area contributed by atoms with Gasteiger partial charge in [0.25, 0.3) is 0 Å². The first-order valence-electron chi connectivity index (χ1n) is 10.1. The maximum Gasteiger partial charge on any atom is 0.335 e. The van der Waals surface area contributed by atoms with E-state index in [1.165, 1.54) is 30.5 Å². The molecule has 172 valence electrons. The van der Waals surface area contributed by atoms with Gasteiger partial charge < -0.3 is 19.7 Å². The van der Waals surface area contributed by atoms with Crippen LogP contribution >= 0.6 is 0 Å². The molecule has 4 aromatic rings. The van der Waals surface area contributed by atoms with E-state index in [-0.39, 0.29) is 23.3 Å². The fourth-order valence-corrected chi connectivity index (χ4v) is 2.87. The molecule has 0 fully saturated rings. The molecule has 0 unspecified atom stereocenters. The van der Waals surface area contributed by atoms with Gasteiger partial charge in [-0.25, -0.2) is 14.6 Å². The van der Waals surface area contributed by atoms with E-state index in [0.717, 1.165) is 0 Å². The van der Waals surface area contributed by atoms with E-state index in [4.69, 9.17) is 9.52 Å². The Morgan fingerprint density at radius 2 is 1.82 bits per heavy atom. The number of rotatable bonds is 8. The molecule has 3 N–H and O–H groups in total. The maximum absolute atomic E-state index is 13.2. The minimum atomic E-state index is -1.01. The van der Waals surface area contributed by atoms with E-state index in [2.05, 4.69) is 30.8 Å². The summed E-state index contributed by atoms with van der Waals surface area (Å²) in [6, 6.07) is 15.7. The highest BCUT2D eigenvalue weighted by Gasteiger charge is 2.10. The molecule has 0 aliphatic rings. The van der Waals surface area contributed by atoms with E-state index in [0.29, 0.717) is 28.7 Å². The van der Waals surface area contributed by atoms with Crippen molar-refractivity contribution in [3.8, 4) is 11.3 Å². The molecule has 2 aromatic carbocycles. The quantitative estimate of drug-likeness (QED) is 0.261. The molecule has 0 radical (unpaired) electrons. The van der Waals surface area contributed by atoms with Crippen molar-refractivity contribution in [2.45, 2.75) is 0 Å². The number of aromatic carboxylic acids is 1. The number of hydrazone groups is 1. The van der Waals surface area contributed by atoms with Crippen molar-refractivity contribution in [1.82, 2.24) is 15.0 Å². The smallest absolute Gasteiger partial charge is 0.335 e. The first-order chi connectivity index (χ1) is 16.4. The van der Waals surface area contributed by atoms with Crippen LogP contribution in [-0.2, 0) is 0 Å². The lowest BCUT2D eigenvalue weighted by Crippen LogP contribution is -2.15. The van der Waals surface area contributed by atoms with E-state index in [1.54, 1.807) is 55.4 Å². The van der Waals surface area contributed by atoms with Crippen LogP contribution in [0.15, 0.2) is 70.2 Å². The minimum absolute atomic E-state index is 0.169. The van der Waals surface area contributed by atoms with Crippen molar-refractivity contribution in [2.24, 2.45) is 5.10 Å². The number of hydrogen-bond acceptors (Lipinski definition) is 9. The summed E-state index contributed by atoms with van der Waals surface area (Å²) in [5, 5.41) is 16.3. The second-order valence-corrected chi connectivity index (χ2v) is 7.27. The highest BCUT2D eigenvalue weighted by molar-refractivity contribution is 5.89. The van der Waals surface area contributed by atoms with Gasteiger partial charge >= 0.3 is 5.97 Å². The Bertz CT molecular complexity index is 1340. The van der Waals surface area contributed by atoms with Gasteiger partial charge in [0.05, 0.1) is 11.8 Å². The summed E-state index contributed by atoms with van der Waals surface area (Å²) in [5.74, 6) is 0.405. The van der Waals surface area contributed by atoms with Gasteiger partial charge in [-0.1, -0.05) is 12.1 Å². The molecule has 0 spiro atoms. The van der Waals surface area contributed by atoms with Gasteiger partial charge in [0, 0.05) is 25.3 Å². The predicted octanol–water partition coefficient (Wildman–Crippen LogP) is 4.22. The molecule has 0 atom stereocenters. The van der Waals surface area contributed by atoms with Gasteiger partial charge in [0.1, 0.15) is 17.3 Å². The summed E-state index contributed by atoms with van der Waals surface area (Å²) < 4.78 is 18.9. The number of benzene rings is 2. The van der Waals surface area contributed by atoms with Crippen LogP contribution in [0.25, 0.3) is 11.3 Å². The normalized spacial score (nSPS) is 10.9. The van der Waals surface area contributed by atoms with Crippen molar-refractivity contribution < 1.29 is 18.7 Å². The SMILES string of the molecule is CN(C)c1nc(N/N=C\c2ccc(-c3cccc(C(=O)O)c3)o2)nc(Nc2ccc(F)cc2)n1. The Hall–Kier alpha value is -4.80. The van der Waals surface area contributed by atoms with Gasteiger partial charge in [-0.2, -0.15) is 20.1 Å². The number of anilines is 4. The van der Waals surface area contributed by atoms with Crippen molar-refractivity contribution >= 4 is 35.7 Å². The summed E-state index contributed by atoms with van der Waals surface area (Å²) in [5.41, 5.74) is 4.16. The van der Waals surface area contributed by atoms with Gasteiger partial charge in [0.15, 0.2) is 0 Å². The van der Waals surface area contributed by atoms with Crippen molar-refractivity contribution in [3.63, 3.8) is 0 Å². The Balaban J connectivity index is 1.49. The molecule has 11 heteroatoms. The average Bonchev–Trinajstić information content (AvgIpc) is 3.29. The highest BCUT2D eigenvalue weighted by Crippen LogP contribution is 2.23. The number of halogens is 1. The number of aromatic nitrogens is 3. The van der Waals surface area contributed by atoms with Crippen molar-refractivity contribution in [3.05, 3.63) is 77.8 Å². The zero-order valence-corrected chi connectivity index (χ0v) is 18.2. The lowest BCUT2D eigenvalue weighted by atomic mass is 10.1. The van der Waals surface area contributed by atoms with Crippen LogP contribution < -0.4 is 15.6 Å². The van der Waals surface area contributed by atoms with Crippen LogP contribution in [0.2, 0.25) is 0 Å². The molecular weight excluding hydrogens is 441 g/mol. The summed E-state index contributed by atoms with van der Waals surface area (Å²) in [4.78, 5) is 25.8. The third-order valence-electron chi connectivity index (χ3n) is 4.50. The summed E-state index contributed by atoms with van der Waals surface area (Å²) in [6.07, 6.45) is 1.44. The summed E-state index contributed by atoms with van der Waals surface area (Å²) in [6.45, 7) is 0. The molecular formula is C23H20FN7O3. The predicted molar refractivity (Wildman–Crippen MR) is 126 cm³/mol. The van der Waals surface area contributed by atoms with Crippen LogP contribution in [0.4, 0.5) is 27.9 Å². The molecule has 10 nitrogen and oxygen atoms in total. The molecule has 0 amide bonds. The number of carboxylic acid groups (broad SMARTS) is 1. The molecule has 2 aromatic heterocycles. The third kappa shape index (κ3) is 5.51. The molecule has 2 heterocycles. The minimum Gasteiger partial charge on any atom is -0.478 e. The van der Waals surface area contributed by atoms with Gasteiger partial charge in [0.2, 0.25) is 17.8 Å². The standard InChI is InChI=1S/C23H20FN7O3/c1-31(2)23-28-21(26-17-8-6-16(24)7-9-17)27-22(29-23)30-25-13-18-10-11-19(34-18)14-4-3-5-15(12-14)20(32)33/h3-13H,1-2H3,(H,32,33)(H2,26,27,28,29,30)/b25-13-. The number of furan rings is 1. The Labute approximate surface area is 193 Å². The van der Waals surface area contributed by atoms with E-state index in [1.807, 2.05) is 0 Å². The fourth-order valence-electron chi connectivity index (χ4n) is 2.87. The number of nitrogens with zero attached hydrogens (tertiary/aromatic N) is 5. The van der Waals surface area contributed by atoms with Crippen LogP contribution in [0.1, 0.15) is 16.1 Å². The van der Waals surface area contributed by atoms with Crippen LogP contribution in [0.5, 0.6) is 0 Å². The van der Waals surface area contributed by atoms with Crippen LogP contribution in [-0.4, -0.2) is 46.3 Å². The van der Waals surface area contributed by atoms with Crippen molar-refractivity contribution in [2.75, 3.05) is 29.7 Å². The number of nitrogens with one attached hydrogen (secondary N) is 2. The first kappa shape index (κ1) is 22.4. The maximum atomic E-state index is 13.2. The third-order valence-corrected chi connectivity index (χ3v) is 4.50. The largest absolute Gasteiger partial charge is 0.478 e. The van der Waals surface area contributed by atoms with Crippen LogP contribution in [0, 0.1) is 5.82 Å². The summed E-state index contributed by atoms with van der Waals surface area (Å²) in [7, 11) is 3.57. The lowest BCUT2D eigenvalue weighted by Gasteiger charge is -2.13. The Kier molecular flexibility index (Phi) is 6.44. The number of carboxylic acids is 1. The van der Waals surface area contributed by atoms with Crippen molar-refractivity contribution in [1.29, 1.82) is 0 Å². The lowest BCUT2D eigenvalue weighted by molar-refractivity contribution is 0.0697. The Morgan fingerprint density at radius 3 is 2.56 bits per heavy atom. The van der Waals surface area contributed by atoms with Gasteiger partial charge in [-0.05, 0) is 48.5 Å². The van der Waals surface area contributed by atoms with E-state index in [9.17, 15) is 9.18 Å². The first-order valence-corrected chi connectivity index (χ1v) is 10.1. The molecule has 0 saturated carbocycles. The van der Waals surface area contributed by atoms with Crippen LogP contribution in [0.3, 0.4) is 0 Å². The second-order valence-electron chi connectivity index (χ2n) is 7.27. The zero-order valence-electron chi connectivity index (χ0n) is 18.2. The number of carbonyl (C=O) groups is 1. The molecule has 0 saturated heterocycles. The molecule has 0 aliphatic heterocycles. The van der Waals surface area contributed by atoms with Gasteiger partial charge in [-0.3, -0.25) is 0 Å². The molecule has 4 rings (SSSR count). The molecule has 0 bridgehead atoms. The fraction of sp³-hybridized carbons (Fsp3) is 0.0870. The van der Waals surface area contributed by atoms with E-state index < -0.39 is 5.97 Å². The molecule has 0 aliphatic carbocycles. The summed E-state index contributed by atoms with van der Waals surface area (Å²) >= 11 is 0. The van der Waals surface area contributed by atoms with Gasteiger partial charge in [-0.15, -0.1) is 0 Å². The molecule has 34 heavy (non-hydrogen) atoms. The number of hydrogen-bond donors (Lipinski definition) is 3. The zero-order chi connectivity index (χ0) is 24.1. The highest BCUT2D eigenvalue weighted by atomic mass is 19.1. The average molecular weight is 461 g/mol. The Morgan fingerprint density at radius 1 is 1.06 bits per heavy atom. The second kappa shape index (κ2) is 9.77.